The van der Waals surface area contributed by atoms with Crippen LogP contribution < -0.4 is 0 Å². The van der Waals surface area contributed by atoms with Gasteiger partial charge in [-0.1, -0.05) is 6.92 Å². The number of likely N-dealkylation sites (tertiary alicyclic amines) is 1. The predicted molar refractivity (Wildman–Crippen MR) is 47.0 cm³/mol. The van der Waals surface area contributed by atoms with Crippen molar-refractivity contribution >= 4 is 6.09 Å². The summed E-state index contributed by atoms with van der Waals surface area (Å²) >= 11 is 0. The van der Waals surface area contributed by atoms with Gasteiger partial charge >= 0.3 is 6.09 Å². The Bertz CT molecular complexity index is 159. The fraction of sp³-hybridized carbons (Fsp3) is 0.889. The predicted octanol–water partition coefficient (Wildman–Crippen LogP) is 2.02. The molecule has 1 saturated heterocycles. The maximum absolute atomic E-state index is 11.2. The van der Waals surface area contributed by atoms with E-state index >= 15 is 0 Å². The van der Waals surface area contributed by atoms with Gasteiger partial charge in [0, 0.05) is 12.6 Å². The van der Waals surface area contributed by atoms with Crippen molar-refractivity contribution < 1.29 is 9.53 Å². The SMILES string of the molecule is CCC1CCCCN1C(=O)OC. The fourth-order valence-corrected chi connectivity index (χ4v) is 1.78. The number of amides is 1. The molecule has 0 bridgehead atoms. The topological polar surface area (TPSA) is 29.5 Å². The zero-order valence-electron chi connectivity index (χ0n) is 7.88. The molecule has 1 heterocycles. The molecule has 3 heteroatoms. The summed E-state index contributed by atoms with van der Waals surface area (Å²) in [6, 6.07) is 0.409. The molecule has 3 nitrogen and oxygen atoms in total. The van der Waals surface area contributed by atoms with Gasteiger partial charge in [0.25, 0.3) is 0 Å². The van der Waals surface area contributed by atoms with Crippen LogP contribution >= 0.6 is 0 Å². The zero-order valence-corrected chi connectivity index (χ0v) is 7.88. The minimum Gasteiger partial charge on any atom is -0.453 e. The van der Waals surface area contributed by atoms with E-state index in [1.54, 1.807) is 0 Å². The Kier molecular flexibility index (Phi) is 3.38. The molecule has 12 heavy (non-hydrogen) atoms. The molecule has 0 radical (unpaired) electrons. The van der Waals surface area contributed by atoms with Crippen molar-refractivity contribution in [2.24, 2.45) is 0 Å². The van der Waals surface area contributed by atoms with Crippen LogP contribution in [0.25, 0.3) is 0 Å². The lowest BCUT2D eigenvalue weighted by molar-refractivity contribution is 0.0884. The van der Waals surface area contributed by atoms with E-state index in [0.717, 1.165) is 25.8 Å². The average Bonchev–Trinajstić information content (AvgIpc) is 2.16. The first-order chi connectivity index (χ1) is 5.79. The van der Waals surface area contributed by atoms with Gasteiger partial charge in [-0.25, -0.2) is 4.79 Å². The van der Waals surface area contributed by atoms with Gasteiger partial charge in [-0.2, -0.15) is 0 Å². The highest BCUT2D eigenvalue weighted by Gasteiger charge is 2.25. The molecule has 0 saturated carbocycles. The number of ether oxygens (including phenoxy) is 1. The molecule has 1 atom stereocenters. The Balaban J connectivity index is 2.52. The summed E-state index contributed by atoms with van der Waals surface area (Å²) in [5.41, 5.74) is 0. The quantitative estimate of drug-likeness (QED) is 0.604. The molecule has 0 aromatic carbocycles. The van der Waals surface area contributed by atoms with Crippen LogP contribution in [0.15, 0.2) is 0 Å². The Hall–Kier alpha value is -0.730. The number of carbonyl (C=O) groups excluding carboxylic acids is 1. The molecule has 0 N–H and O–H groups in total. The van der Waals surface area contributed by atoms with E-state index in [1.165, 1.54) is 13.5 Å². The molecule has 1 aliphatic heterocycles. The van der Waals surface area contributed by atoms with Crippen molar-refractivity contribution in [3.05, 3.63) is 0 Å². The molecule has 1 unspecified atom stereocenters. The van der Waals surface area contributed by atoms with Crippen LogP contribution in [0.1, 0.15) is 32.6 Å². The van der Waals surface area contributed by atoms with E-state index in [0.29, 0.717) is 6.04 Å². The minimum absolute atomic E-state index is 0.165. The second-order valence-corrected chi connectivity index (χ2v) is 3.22. The van der Waals surface area contributed by atoms with Gasteiger partial charge in [0.2, 0.25) is 0 Å². The molecule has 1 fully saturated rings. The van der Waals surface area contributed by atoms with E-state index < -0.39 is 0 Å². The first-order valence-electron chi connectivity index (χ1n) is 4.64. The number of methoxy groups -OCH3 is 1. The van der Waals surface area contributed by atoms with Crippen LogP contribution in [0.5, 0.6) is 0 Å². The van der Waals surface area contributed by atoms with Crippen LogP contribution in [-0.2, 0) is 4.74 Å². The van der Waals surface area contributed by atoms with Gasteiger partial charge in [-0.05, 0) is 25.7 Å². The number of nitrogens with zero attached hydrogens (tertiary/aromatic N) is 1. The highest BCUT2D eigenvalue weighted by Crippen LogP contribution is 2.19. The Labute approximate surface area is 73.7 Å². The average molecular weight is 171 g/mol. The molecule has 0 aromatic rings. The van der Waals surface area contributed by atoms with E-state index in [2.05, 4.69) is 6.92 Å². The maximum Gasteiger partial charge on any atom is 0.409 e. The number of rotatable bonds is 1. The van der Waals surface area contributed by atoms with Crippen LogP contribution in [-0.4, -0.2) is 30.7 Å². The normalized spacial score (nSPS) is 23.8. The number of piperidine rings is 1. The summed E-state index contributed by atoms with van der Waals surface area (Å²) in [4.78, 5) is 13.1. The van der Waals surface area contributed by atoms with Crippen LogP contribution in [0.3, 0.4) is 0 Å². The van der Waals surface area contributed by atoms with Crippen molar-refractivity contribution in [2.45, 2.75) is 38.6 Å². The molecular weight excluding hydrogens is 154 g/mol. The lowest BCUT2D eigenvalue weighted by Crippen LogP contribution is -2.43. The van der Waals surface area contributed by atoms with Crippen LogP contribution in [0.4, 0.5) is 4.79 Å². The minimum atomic E-state index is -0.165. The molecule has 1 amide bonds. The standard InChI is InChI=1S/C9H17NO2/c1-3-8-6-4-5-7-10(8)9(11)12-2/h8H,3-7H2,1-2H3. The Morgan fingerprint density at radius 1 is 1.58 bits per heavy atom. The van der Waals surface area contributed by atoms with Crippen molar-refractivity contribution in [1.29, 1.82) is 0 Å². The maximum atomic E-state index is 11.2. The van der Waals surface area contributed by atoms with E-state index in [4.69, 9.17) is 4.74 Å². The van der Waals surface area contributed by atoms with Gasteiger partial charge in [0.1, 0.15) is 0 Å². The highest BCUT2D eigenvalue weighted by molar-refractivity contribution is 5.67. The zero-order chi connectivity index (χ0) is 8.97. The third-order valence-electron chi connectivity index (χ3n) is 2.51. The Morgan fingerprint density at radius 3 is 2.92 bits per heavy atom. The van der Waals surface area contributed by atoms with Crippen LogP contribution in [0.2, 0.25) is 0 Å². The first kappa shape index (κ1) is 9.36. The molecule has 0 aliphatic carbocycles. The summed E-state index contributed by atoms with van der Waals surface area (Å²) in [7, 11) is 1.45. The van der Waals surface area contributed by atoms with Gasteiger partial charge in [0.05, 0.1) is 7.11 Å². The van der Waals surface area contributed by atoms with Crippen molar-refractivity contribution in [2.75, 3.05) is 13.7 Å². The molecule has 1 rings (SSSR count). The molecule has 70 valence electrons. The molecule has 0 aromatic heterocycles. The largest absolute Gasteiger partial charge is 0.453 e. The highest BCUT2D eigenvalue weighted by atomic mass is 16.5. The lowest BCUT2D eigenvalue weighted by Gasteiger charge is -2.33. The molecular formula is C9H17NO2. The second kappa shape index (κ2) is 4.33. The third-order valence-corrected chi connectivity index (χ3v) is 2.51. The van der Waals surface area contributed by atoms with Gasteiger partial charge < -0.3 is 9.64 Å². The third kappa shape index (κ3) is 1.90. The van der Waals surface area contributed by atoms with Gasteiger partial charge in [-0.3, -0.25) is 0 Å². The van der Waals surface area contributed by atoms with Crippen molar-refractivity contribution in [3.63, 3.8) is 0 Å². The van der Waals surface area contributed by atoms with E-state index in [9.17, 15) is 4.79 Å². The number of hydrogen-bond donors (Lipinski definition) is 0. The first-order valence-corrected chi connectivity index (χ1v) is 4.64. The molecule has 1 aliphatic rings. The van der Waals surface area contributed by atoms with Crippen LogP contribution in [0, 0.1) is 0 Å². The van der Waals surface area contributed by atoms with Gasteiger partial charge in [0.15, 0.2) is 0 Å². The molecule has 0 spiro atoms. The smallest absolute Gasteiger partial charge is 0.409 e. The number of hydrogen-bond acceptors (Lipinski definition) is 2. The summed E-state index contributed by atoms with van der Waals surface area (Å²) in [6.07, 6.45) is 4.36. The Morgan fingerprint density at radius 2 is 2.33 bits per heavy atom. The monoisotopic (exact) mass is 171 g/mol. The summed E-state index contributed by atoms with van der Waals surface area (Å²) in [5, 5.41) is 0. The van der Waals surface area contributed by atoms with E-state index in [1.807, 2.05) is 4.90 Å². The van der Waals surface area contributed by atoms with E-state index in [-0.39, 0.29) is 6.09 Å². The number of carbonyl (C=O) groups is 1. The summed E-state index contributed by atoms with van der Waals surface area (Å²) in [6.45, 7) is 2.98. The lowest BCUT2D eigenvalue weighted by atomic mass is 10.0. The summed E-state index contributed by atoms with van der Waals surface area (Å²) < 4.78 is 4.71. The fourth-order valence-electron chi connectivity index (χ4n) is 1.78. The van der Waals surface area contributed by atoms with Crippen molar-refractivity contribution in [1.82, 2.24) is 4.90 Å². The van der Waals surface area contributed by atoms with Gasteiger partial charge in [-0.15, -0.1) is 0 Å². The van der Waals surface area contributed by atoms with Crippen molar-refractivity contribution in [3.8, 4) is 0 Å². The second-order valence-electron chi connectivity index (χ2n) is 3.22. The summed E-state index contributed by atoms with van der Waals surface area (Å²) in [5.74, 6) is 0.